The normalized spacial score (nSPS) is 12.2. The highest BCUT2D eigenvalue weighted by Gasteiger charge is 2.11. The minimum Gasteiger partial charge on any atom is -0.384 e. The molecule has 0 aliphatic rings. The number of fused-ring (bicyclic) bond motifs is 1. The lowest BCUT2D eigenvalue weighted by Gasteiger charge is -2.12. The second kappa shape index (κ2) is 6.63. The van der Waals surface area contributed by atoms with Gasteiger partial charge in [0.1, 0.15) is 11.9 Å². The molecule has 3 nitrogen and oxygen atoms in total. The molecule has 0 saturated carbocycles. The number of nitrogens with zero attached hydrogens (tertiary/aromatic N) is 1. The molecule has 1 unspecified atom stereocenters. The predicted molar refractivity (Wildman–Crippen MR) is 99.8 cm³/mol. The van der Waals surface area contributed by atoms with Crippen LogP contribution < -0.4 is 5.32 Å². The van der Waals surface area contributed by atoms with E-state index in [4.69, 9.17) is 0 Å². The molecule has 2 N–H and O–H groups in total. The average molecular weight is 350 g/mol. The van der Waals surface area contributed by atoms with Gasteiger partial charge in [-0.3, -0.25) is 0 Å². The third-order valence-electron chi connectivity index (χ3n) is 3.94. The van der Waals surface area contributed by atoms with Crippen LogP contribution in [0.1, 0.15) is 17.2 Å². The molecule has 124 valence electrons. The highest BCUT2D eigenvalue weighted by molar-refractivity contribution is 7.22. The Morgan fingerprint density at radius 1 is 0.920 bits per heavy atom. The number of thiazole rings is 1. The molecule has 1 aromatic heterocycles. The summed E-state index contributed by atoms with van der Waals surface area (Å²) in [4.78, 5) is 4.54. The largest absolute Gasteiger partial charge is 0.384 e. The molecule has 0 spiro atoms. The zero-order chi connectivity index (χ0) is 17.2. The first-order chi connectivity index (χ1) is 12.2. The summed E-state index contributed by atoms with van der Waals surface area (Å²) in [5.74, 6) is -0.356. The molecule has 0 aliphatic carbocycles. The Kier molecular flexibility index (Phi) is 4.17. The van der Waals surface area contributed by atoms with Gasteiger partial charge < -0.3 is 10.4 Å². The topological polar surface area (TPSA) is 45.1 Å². The van der Waals surface area contributed by atoms with Gasteiger partial charge in [0.15, 0.2) is 5.13 Å². The van der Waals surface area contributed by atoms with Crippen molar-refractivity contribution in [2.24, 2.45) is 0 Å². The molecular weight excluding hydrogens is 335 g/mol. The van der Waals surface area contributed by atoms with Crippen molar-refractivity contribution in [3.05, 3.63) is 89.7 Å². The third kappa shape index (κ3) is 3.38. The van der Waals surface area contributed by atoms with Gasteiger partial charge in [-0.1, -0.05) is 47.7 Å². The smallest absolute Gasteiger partial charge is 0.188 e. The number of aliphatic hydroxyl groups excluding tert-OH is 1. The van der Waals surface area contributed by atoms with E-state index in [1.165, 1.54) is 12.1 Å². The quantitative estimate of drug-likeness (QED) is 0.528. The van der Waals surface area contributed by atoms with Gasteiger partial charge in [0.05, 0.1) is 10.2 Å². The lowest BCUT2D eigenvalue weighted by atomic mass is 10.0. The van der Waals surface area contributed by atoms with Crippen LogP contribution in [0.2, 0.25) is 0 Å². The van der Waals surface area contributed by atoms with Gasteiger partial charge >= 0.3 is 0 Å². The van der Waals surface area contributed by atoms with E-state index in [0.717, 1.165) is 21.0 Å². The molecule has 5 heteroatoms. The van der Waals surface area contributed by atoms with Gasteiger partial charge in [0.2, 0.25) is 0 Å². The summed E-state index contributed by atoms with van der Waals surface area (Å²) in [5, 5.41) is 14.5. The third-order valence-corrected chi connectivity index (χ3v) is 4.89. The number of hydrogen-bond donors (Lipinski definition) is 2. The standard InChI is InChI=1S/C20H15FN2OS/c21-15-5-3-4-14(12-15)19(24)13-8-10-16(11-9-13)22-20-23-17-6-1-2-7-18(17)25-20/h1-12,19,24H,(H,22,23). The summed E-state index contributed by atoms with van der Waals surface area (Å²) in [6, 6.07) is 21.4. The Labute approximate surface area is 148 Å². The lowest BCUT2D eigenvalue weighted by molar-refractivity contribution is 0.220. The fourth-order valence-corrected chi connectivity index (χ4v) is 3.55. The average Bonchev–Trinajstić information content (AvgIpc) is 3.04. The minimum atomic E-state index is -0.854. The van der Waals surface area contributed by atoms with Crippen molar-refractivity contribution >= 4 is 32.4 Å². The summed E-state index contributed by atoms with van der Waals surface area (Å²) >= 11 is 1.59. The molecule has 4 rings (SSSR count). The van der Waals surface area contributed by atoms with Gasteiger partial charge in [0.25, 0.3) is 0 Å². The Hall–Kier alpha value is -2.76. The summed E-state index contributed by atoms with van der Waals surface area (Å²) < 4.78 is 14.4. The Morgan fingerprint density at radius 2 is 1.72 bits per heavy atom. The zero-order valence-corrected chi connectivity index (χ0v) is 14.0. The molecule has 0 aliphatic heterocycles. The molecule has 1 atom stereocenters. The van der Waals surface area contributed by atoms with Crippen molar-refractivity contribution in [2.75, 3.05) is 5.32 Å². The van der Waals surface area contributed by atoms with Gasteiger partial charge in [-0.15, -0.1) is 0 Å². The number of benzene rings is 3. The van der Waals surface area contributed by atoms with Crippen LogP contribution in [0, 0.1) is 5.82 Å². The Balaban J connectivity index is 1.53. The molecule has 1 heterocycles. The van der Waals surface area contributed by atoms with Crippen LogP contribution in [0.3, 0.4) is 0 Å². The maximum absolute atomic E-state index is 13.3. The van der Waals surface area contributed by atoms with Crippen molar-refractivity contribution in [1.29, 1.82) is 0 Å². The molecule has 0 radical (unpaired) electrons. The number of para-hydroxylation sites is 1. The number of anilines is 2. The summed E-state index contributed by atoms with van der Waals surface area (Å²) in [5.41, 5.74) is 3.09. The first-order valence-corrected chi connectivity index (χ1v) is 8.67. The van der Waals surface area contributed by atoms with Crippen LogP contribution in [0.5, 0.6) is 0 Å². The second-order valence-electron chi connectivity index (χ2n) is 5.69. The van der Waals surface area contributed by atoms with Crippen molar-refractivity contribution < 1.29 is 9.50 Å². The Bertz CT molecular complexity index is 981. The van der Waals surface area contributed by atoms with Crippen LogP contribution >= 0.6 is 11.3 Å². The summed E-state index contributed by atoms with van der Waals surface area (Å²) in [6.45, 7) is 0. The number of aliphatic hydroxyl groups is 1. The molecule has 0 saturated heterocycles. The fourth-order valence-electron chi connectivity index (χ4n) is 2.67. The van der Waals surface area contributed by atoms with E-state index >= 15 is 0 Å². The molecule has 4 aromatic rings. The maximum atomic E-state index is 13.3. The van der Waals surface area contributed by atoms with Crippen LogP contribution in [-0.2, 0) is 0 Å². The minimum absolute atomic E-state index is 0.356. The first kappa shape index (κ1) is 15.7. The molecule has 3 aromatic carbocycles. The van der Waals surface area contributed by atoms with Crippen molar-refractivity contribution in [1.82, 2.24) is 4.98 Å². The van der Waals surface area contributed by atoms with Crippen LogP contribution in [-0.4, -0.2) is 10.1 Å². The SMILES string of the molecule is OC(c1ccc(Nc2nc3ccccc3s2)cc1)c1cccc(F)c1. The number of nitrogens with one attached hydrogen (secondary N) is 1. The summed E-state index contributed by atoms with van der Waals surface area (Å²) in [6.07, 6.45) is -0.854. The van der Waals surface area contributed by atoms with E-state index in [2.05, 4.69) is 10.3 Å². The number of aromatic nitrogens is 1. The van der Waals surface area contributed by atoms with Crippen molar-refractivity contribution in [3.63, 3.8) is 0 Å². The van der Waals surface area contributed by atoms with Crippen molar-refractivity contribution in [2.45, 2.75) is 6.10 Å². The molecular formula is C20H15FN2OS. The molecule has 25 heavy (non-hydrogen) atoms. The maximum Gasteiger partial charge on any atom is 0.188 e. The van der Waals surface area contributed by atoms with Gasteiger partial charge in [0, 0.05) is 5.69 Å². The molecule has 0 amide bonds. The lowest BCUT2D eigenvalue weighted by Crippen LogP contribution is -2.00. The van der Waals surface area contributed by atoms with E-state index in [1.54, 1.807) is 23.5 Å². The monoisotopic (exact) mass is 350 g/mol. The Morgan fingerprint density at radius 3 is 2.48 bits per heavy atom. The van der Waals surface area contributed by atoms with Crippen molar-refractivity contribution in [3.8, 4) is 0 Å². The van der Waals surface area contributed by atoms with E-state index in [9.17, 15) is 9.50 Å². The molecule has 0 bridgehead atoms. The van der Waals surface area contributed by atoms with Crippen LogP contribution in [0.15, 0.2) is 72.8 Å². The number of rotatable bonds is 4. The predicted octanol–water partition coefficient (Wildman–Crippen LogP) is 5.26. The van der Waals surface area contributed by atoms with Gasteiger partial charge in [-0.25, -0.2) is 9.37 Å². The second-order valence-corrected chi connectivity index (χ2v) is 6.72. The van der Waals surface area contributed by atoms with Gasteiger partial charge in [-0.2, -0.15) is 0 Å². The van der Waals surface area contributed by atoms with E-state index in [1.807, 2.05) is 48.5 Å². The molecule has 0 fully saturated rings. The number of hydrogen-bond acceptors (Lipinski definition) is 4. The van der Waals surface area contributed by atoms with E-state index in [-0.39, 0.29) is 5.82 Å². The number of halogens is 1. The van der Waals surface area contributed by atoms with E-state index in [0.29, 0.717) is 11.1 Å². The van der Waals surface area contributed by atoms with E-state index < -0.39 is 6.10 Å². The zero-order valence-electron chi connectivity index (χ0n) is 13.2. The summed E-state index contributed by atoms with van der Waals surface area (Å²) in [7, 11) is 0. The fraction of sp³-hybridized carbons (Fsp3) is 0.0500. The highest BCUT2D eigenvalue weighted by atomic mass is 32.1. The first-order valence-electron chi connectivity index (χ1n) is 7.85. The van der Waals surface area contributed by atoms with Crippen LogP contribution in [0.4, 0.5) is 15.2 Å². The van der Waals surface area contributed by atoms with Crippen LogP contribution in [0.25, 0.3) is 10.2 Å². The van der Waals surface area contributed by atoms with Gasteiger partial charge in [-0.05, 0) is 47.5 Å². The highest BCUT2D eigenvalue weighted by Crippen LogP contribution is 2.29.